The lowest BCUT2D eigenvalue weighted by Gasteiger charge is -2.34. The van der Waals surface area contributed by atoms with Gasteiger partial charge in [0.15, 0.2) is 0 Å². The van der Waals surface area contributed by atoms with Crippen molar-refractivity contribution in [1.29, 1.82) is 0 Å². The average molecular weight is 375 g/mol. The van der Waals surface area contributed by atoms with E-state index < -0.39 is 5.41 Å². The topological polar surface area (TPSA) is 64.4 Å². The molecule has 0 spiro atoms. The zero-order valence-corrected chi connectivity index (χ0v) is 15.8. The van der Waals surface area contributed by atoms with Crippen LogP contribution in [0, 0.1) is 5.41 Å². The highest BCUT2D eigenvalue weighted by molar-refractivity contribution is 5.85. The van der Waals surface area contributed by atoms with Crippen LogP contribution in [0.5, 0.6) is 0 Å². The van der Waals surface area contributed by atoms with E-state index in [0.29, 0.717) is 39.1 Å². The highest BCUT2D eigenvalue weighted by Gasteiger charge is 2.38. The molecule has 1 heterocycles. The Morgan fingerprint density at radius 1 is 1.04 bits per heavy atom. The van der Waals surface area contributed by atoms with Crippen molar-refractivity contribution >= 4 is 18.3 Å². The van der Waals surface area contributed by atoms with Crippen LogP contribution in [-0.2, 0) is 16.0 Å². The monoisotopic (exact) mass is 374 g/mol. The summed E-state index contributed by atoms with van der Waals surface area (Å²) in [5.74, 6) is 0.0671. The van der Waals surface area contributed by atoms with Gasteiger partial charge >= 0.3 is 0 Å². The van der Waals surface area contributed by atoms with Gasteiger partial charge in [0.1, 0.15) is 0 Å². The Kier molecular flexibility index (Phi) is 7.64. The molecule has 2 aromatic carbocycles. The molecular weight excluding hydrogens is 348 g/mol. The Hall–Kier alpha value is -1.88. The maximum Gasteiger partial charge on any atom is 0.227 e. The SMILES string of the molecule is Cl.NCC1(C(=O)NCCc2cccc(-c3ccccc3)c2)CCOCC1. The van der Waals surface area contributed by atoms with Crippen LogP contribution in [0.1, 0.15) is 18.4 Å². The summed E-state index contributed by atoms with van der Waals surface area (Å²) < 4.78 is 5.37. The maximum atomic E-state index is 12.6. The second-order valence-corrected chi connectivity index (χ2v) is 6.67. The van der Waals surface area contributed by atoms with Crippen molar-refractivity contribution in [3.05, 3.63) is 60.2 Å². The Labute approximate surface area is 161 Å². The van der Waals surface area contributed by atoms with E-state index in [0.717, 1.165) is 6.42 Å². The van der Waals surface area contributed by atoms with Crippen LogP contribution in [0.2, 0.25) is 0 Å². The number of nitrogens with two attached hydrogens (primary N) is 1. The van der Waals surface area contributed by atoms with Gasteiger partial charge in [-0.25, -0.2) is 0 Å². The van der Waals surface area contributed by atoms with Crippen LogP contribution in [0.4, 0.5) is 0 Å². The van der Waals surface area contributed by atoms with E-state index in [4.69, 9.17) is 10.5 Å². The van der Waals surface area contributed by atoms with Gasteiger partial charge in [-0.15, -0.1) is 12.4 Å². The van der Waals surface area contributed by atoms with E-state index >= 15 is 0 Å². The Bertz CT molecular complexity index is 700. The van der Waals surface area contributed by atoms with Crippen molar-refractivity contribution in [2.45, 2.75) is 19.3 Å². The normalized spacial score (nSPS) is 15.7. The number of nitrogens with one attached hydrogen (secondary N) is 1. The molecule has 0 bridgehead atoms. The number of halogens is 1. The van der Waals surface area contributed by atoms with Gasteiger partial charge in [0, 0.05) is 26.3 Å². The first-order chi connectivity index (χ1) is 12.2. The van der Waals surface area contributed by atoms with Gasteiger partial charge in [0.25, 0.3) is 0 Å². The second kappa shape index (κ2) is 9.72. The van der Waals surface area contributed by atoms with Crippen molar-refractivity contribution in [2.24, 2.45) is 11.1 Å². The molecule has 3 rings (SSSR count). The molecular formula is C21H27ClN2O2. The number of amides is 1. The largest absolute Gasteiger partial charge is 0.381 e. The van der Waals surface area contributed by atoms with Crippen LogP contribution in [0.15, 0.2) is 54.6 Å². The van der Waals surface area contributed by atoms with E-state index in [9.17, 15) is 4.79 Å². The Balaban J connectivity index is 0.00000243. The summed E-state index contributed by atoms with van der Waals surface area (Å²) >= 11 is 0. The van der Waals surface area contributed by atoms with Crippen molar-refractivity contribution < 1.29 is 9.53 Å². The van der Waals surface area contributed by atoms with Crippen molar-refractivity contribution in [1.82, 2.24) is 5.32 Å². The zero-order valence-electron chi connectivity index (χ0n) is 14.9. The third-order valence-corrected chi connectivity index (χ3v) is 5.06. The van der Waals surface area contributed by atoms with E-state index in [1.807, 2.05) is 18.2 Å². The van der Waals surface area contributed by atoms with E-state index in [1.165, 1.54) is 16.7 Å². The second-order valence-electron chi connectivity index (χ2n) is 6.67. The molecule has 5 heteroatoms. The molecule has 0 aromatic heterocycles. The molecule has 1 aliphatic heterocycles. The van der Waals surface area contributed by atoms with Crippen LogP contribution in [0.25, 0.3) is 11.1 Å². The van der Waals surface area contributed by atoms with Crippen molar-refractivity contribution in [3.63, 3.8) is 0 Å². The first kappa shape index (κ1) is 20.4. The number of carbonyl (C=O) groups is 1. The van der Waals surface area contributed by atoms with Gasteiger partial charge in [-0.1, -0.05) is 54.6 Å². The smallest absolute Gasteiger partial charge is 0.227 e. The molecule has 1 saturated heterocycles. The summed E-state index contributed by atoms with van der Waals surface area (Å²) in [5, 5.41) is 3.08. The molecule has 140 valence electrons. The van der Waals surface area contributed by atoms with Gasteiger partial charge in [0.05, 0.1) is 5.41 Å². The number of carbonyl (C=O) groups excluding carboxylic acids is 1. The standard InChI is InChI=1S/C21H26N2O2.ClH/c22-16-21(10-13-25-14-11-21)20(24)23-12-9-17-5-4-8-19(15-17)18-6-2-1-3-7-18;/h1-8,15H,9-14,16,22H2,(H,23,24);1H. The van der Waals surface area contributed by atoms with Crippen LogP contribution < -0.4 is 11.1 Å². The lowest BCUT2D eigenvalue weighted by molar-refractivity contribution is -0.135. The van der Waals surface area contributed by atoms with Crippen LogP contribution >= 0.6 is 12.4 Å². The molecule has 1 fully saturated rings. The minimum absolute atomic E-state index is 0. The predicted molar refractivity (Wildman–Crippen MR) is 107 cm³/mol. The highest BCUT2D eigenvalue weighted by atomic mass is 35.5. The van der Waals surface area contributed by atoms with Gasteiger partial charge in [0.2, 0.25) is 5.91 Å². The molecule has 2 aromatic rings. The fraction of sp³-hybridized carbons (Fsp3) is 0.381. The quantitative estimate of drug-likeness (QED) is 0.816. The molecule has 26 heavy (non-hydrogen) atoms. The highest BCUT2D eigenvalue weighted by Crippen LogP contribution is 2.29. The summed E-state index contributed by atoms with van der Waals surface area (Å²) in [6.07, 6.45) is 2.22. The number of hydrogen-bond acceptors (Lipinski definition) is 3. The Morgan fingerprint density at radius 2 is 1.73 bits per heavy atom. The fourth-order valence-electron chi connectivity index (χ4n) is 3.33. The summed E-state index contributed by atoms with van der Waals surface area (Å²) in [6, 6.07) is 18.8. The third-order valence-electron chi connectivity index (χ3n) is 5.06. The van der Waals surface area contributed by atoms with Gasteiger partial charge in [-0.2, -0.15) is 0 Å². The average Bonchev–Trinajstić information content (AvgIpc) is 2.69. The molecule has 4 nitrogen and oxygen atoms in total. The maximum absolute atomic E-state index is 12.6. The number of rotatable bonds is 6. The van der Waals surface area contributed by atoms with Crippen molar-refractivity contribution in [3.8, 4) is 11.1 Å². The minimum Gasteiger partial charge on any atom is -0.381 e. The van der Waals surface area contributed by atoms with Gasteiger partial charge in [-0.05, 0) is 36.0 Å². The summed E-state index contributed by atoms with van der Waals surface area (Å²) in [4.78, 5) is 12.6. The first-order valence-electron chi connectivity index (χ1n) is 8.94. The fourth-order valence-corrected chi connectivity index (χ4v) is 3.33. The molecule has 3 N–H and O–H groups in total. The van der Waals surface area contributed by atoms with Crippen LogP contribution in [0.3, 0.4) is 0 Å². The Morgan fingerprint density at radius 3 is 2.42 bits per heavy atom. The molecule has 0 radical (unpaired) electrons. The van der Waals surface area contributed by atoms with E-state index in [2.05, 4.69) is 41.7 Å². The molecule has 0 aliphatic carbocycles. The molecule has 0 atom stereocenters. The zero-order chi connectivity index (χ0) is 17.5. The number of benzene rings is 2. The van der Waals surface area contributed by atoms with Gasteiger partial charge in [-0.3, -0.25) is 4.79 Å². The first-order valence-corrected chi connectivity index (χ1v) is 8.94. The summed E-state index contributed by atoms with van der Waals surface area (Å²) in [6.45, 7) is 2.23. The predicted octanol–water partition coefficient (Wildman–Crippen LogP) is 3.19. The molecule has 1 amide bonds. The summed E-state index contributed by atoms with van der Waals surface area (Å²) in [7, 11) is 0. The number of ether oxygens (including phenoxy) is 1. The van der Waals surface area contributed by atoms with Gasteiger partial charge < -0.3 is 15.8 Å². The lowest BCUT2D eigenvalue weighted by atomic mass is 9.79. The third kappa shape index (κ3) is 4.85. The van der Waals surface area contributed by atoms with Crippen LogP contribution in [-0.4, -0.2) is 32.2 Å². The summed E-state index contributed by atoms with van der Waals surface area (Å²) in [5.41, 5.74) is 9.06. The molecule has 0 saturated carbocycles. The molecule has 1 aliphatic rings. The molecule has 0 unspecified atom stereocenters. The van der Waals surface area contributed by atoms with E-state index in [1.54, 1.807) is 0 Å². The van der Waals surface area contributed by atoms with E-state index in [-0.39, 0.29) is 18.3 Å². The minimum atomic E-state index is -0.454. The van der Waals surface area contributed by atoms with Crippen molar-refractivity contribution in [2.75, 3.05) is 26.3 Å². The number of hydrogen-bond donors (Lipinski definition) is 2. The lowest BCUT2D eigenvalue weighted by Crippen LogP contribution is -2.49.